The number of anilines is 1. The number of ether oxygens (including phenoxy) is 1. The van der Waals surface area contributed by atoms with Crippen LogP contribution in [-0.4, -0.2) is 23.8 Å². The van der Waals surface area contributed by atoms with Gasteiger partial charge >= 0.3 is 5.97 Å². The van der Waals surface area contributed by atoms with Crippen molar-refractivity contribution in [3.8, 4) is 0 Å². The lowest BCUT2D eigenvalue weighted by molar-refractivity contribution is -0.123. The van der Waals surface area contributed by atoms with E-state index in [2.05, 4.69) is 5.32 Å². The average Bonchev–Trinajstić information content (AvgIpc) is 2.75. The van der Waals surface area contributed by atoms with Crippen molar-refractivity contribution in [2.75, 3.05) is 5.32 Å². The lowest BCUT2D eigenvalue weighted by atomic mass is 10.00. The normalized spacial score (nSPS) is 11.4. The van der Waals surface area contributed by atoms with Gasteiger partial charge in [-0.3, -0.25) is 9.59 Å². The molecule has 0 aliphatic carbocycles. The van der Waals surface area contributed by atoms with Crippen molar-refractivity contribution in [2.24, 2.45) is 0 Å². The first kappa shape index (κ1) is 21.0. The van der Waals surface area contributed by atoms with Crippen molar-refractivity contribution in [1.29, 1.82) is 0 Å². The third kappa shape index (κ3) is 5.41. The summed E-state index contributed by atoms with van der Waals surface area (Å²) in [6.07, 6.45) is -0.409. The van der Waals surface area contributed by atoms with Crippen molar-refractivity contribution >= 4 is 23.3 Å². The summed E-state index contributed by atoms with van der Waals surface area (Å²) in [5, 5.41) is 2.68. The topological polar surface area (TPSA) is 72.5 Å². The van der Waals surface area contributed by atoms with E-state index in [0.29, 0.717) is 23.2 Å². The standard InChI is InChI=1S/C25H23NO4/c1-17(27)20-12-8-13-22(16-20)26-24(28)18(2)30-25(29)23-14-7-6-11-21(23)15-19-9-4-3-5-10-19/h3-14,16,18H,15H2,1-2H3,(H,26,28)/t18-/m0/s1. The molecule has 0 heterocycles. The van der Waals surface area contributed by atoms with Crippen LogP contribution in [0.25, 0.3) is 0 Å². The van der Waals surface area contributed by atoms with E-state index in [4.69, 9.17) is 4.74 Å². The van der Waals surface area contributed by atoms with E-state index in [1.54, 1.807) is 36.4 Å². The second-order valence-corrected chi connectivity index (χ2v) is 6.99. The van der Waals surface area contributed by atoms with E-state index < -0.39 is 18.0 Å². The van der Waals surface area contributed by atoms with Crippen LogP contribution in [0.2, 0.25) is 0 Å². The fraction of sp³-hybridized carbons (Fsp3) is 0.160. The van der Waals surface area contributed by atoms with Crippen LogP contribution in [0.1, 0.15) is 45.7 Å². The van der Waals surface area contributed by atoms with Gasteiger partial charge in [-0.05, 0) is 49.6 Å². The van der Waals surface area contributed by atoms with Gasteiger partial charge in [0, 0.05) is 11.3 Å². The van der Waals surface area contributed by atoms with Crippen LogP contribution in [-0.2, 0) is 16.0 Å². The number of hydrogen-bond acceptors (Lipinski definition) is 4. The predicted molar refractivity (Wildman–Crippen MR) is 116 cm³/mol. The number of Topliss-reactive ketones (excluding diaryl/α,β-unsaturated/α-hetero) is 1. The molecule has 0 aromatic heterocycles. The Morgan fingerprint density at radius 2 is 1.60 bits per heavy atom. The second kappa shape index (κ2) is 9.65. The number of carbonyl (C=O) groups excluding carboxylic acids is 3. The highest BCUT2D eigenvalue weighted by atomic mass is 16.5. The number of rotatable bonds is 7. The van der Waals surface area contributed by atoms with Crippen molar-refractivity contribution in [2.45, 2.75) is 26.4 Å². The monoisotopic (exact) mass is 401 g/mol. The van der Waals surface area contributed by atoms with E-state index in [1.165, 1.54) is 13.8 Å². The van der Waals surface area contributed by atoms with Crippen LogP contribution in [0.5, 0.6) is 0 Å². The number of benzene rings is 3. The highest BCUT2D eigenvalue weighted by Gasteiger charge is 2.21. The summed E-state index contributed by atoms with van der Waals surface area (Å²) in [7, 11) is 0. The van der Waals surface area contributed by atoms with Gasteiger partial charge in [0.2, 0.25) is 0 Å². The molecule has 3 rings (SSSR count). The molecular formula is C25H23NO4. The Bertz CT molecular complexity index is 1060. The Morgan fingerprint density at radius 1 is 0.900 bits per heavy atom. The third-order valence-corrected chi connectivity index (χ3v) is 4.66. The van der Waals surface area contributed by atoms with Crippen LogP contribution >= 0.6 is 0 Å². The Labute approximate surface area is 175 Å². The molecule has 0 unspecified atom stereocenters. The first-order valence-electron chi connectivity index (χ1n) is 9.68. The quantitative estimate of drug-likeness (QED) is 0.461. The van der Waals surface area contributed by atoms with Gasteiger partial charge in [0.1, 0.15) is 0 Å². The molecule has 30 heavy (non-hydrogen) atoms. The zero-order chi connectivity index (χ0) is 21.5. The van der Waals surface area contributed by atoms with Gasteiger partial charge in [-0.2, -0.15) is 0 Å². The number of esters is 1. The van der Waals surface area contributed by atoms with E-state index in [1.807, 2.05) is 42.5 Å². The average molecular weight is 401 g/mol. The lowest BCUT2D eigenvalue weighted by Crippen LogP contribution is -2.30. The smallest absolute Gasteiger partial charge is 0.339 e. The molecule has 0 bridgehead atoms. The van der Waals surface area contributed by atoms with Crippen LogP contribution in [0.3, 0.4) is 0 Å². The molecule has 3 aromatic carbocycles. The minimum absolute atomic E-state index is 0.0967. The summed E-state index contributed by atoms with van der Waals surface area (Å²) in [5.74, 6) is -1.12. The summed E-state index contributed by atoms with van der Waals surface area (Å²) in [6.45, 7) is 2.97. The minimum atomic E-state index is -0.997. The first-order chi connectivity index (χ1) is 14.4. The summed E-state index contributed by atoms with van der Waals surface area (Å²) in [5.41, 5.74) is 3.30. The molecular weight excluding hydrogens is 378 g/mol. The van der Waals surface area contributed by atoms with E-state index in [9.17, 15) is 14.4 Å². The second-order valence-electron chi connectivity index (χ2n) is 6.99. The zero-order valence-electron chi connectivity index (χ0n) is 16.9. The molecule has 0 aliphatic heterocycles. The SMILES string of the molecule is CC(=O)c1cccc(NC(=O)[C@H](C)OC(=O)c2ccccc2Cc2ccccc2)c1. The Balaban J connectivity index is 1.68. The molecule has 3 aromatic rings. The maximum absolute atomic E-state index is 12.7. The van der Waals surface area contributed by atoms with Crippen LogP contribution in [0.15, 0.2) is 78.9 Å². The van der Waals surface area contributed by atoms with E-state index in [-0.39, 0.29) is 5.78 Å². The van der Waals surface area contributed by atoms with E-state index in [0.717, 1.165) is 11.1 Å². The number of ketones is 1. The summed E-state index contributed by atoms with van der Waals surface area (Å²) >= 11 is 0. The maximum Gasteiger partial charge on any atom is 0.339 e. The Morgan fingerprint density at radius 3 is 2.33 bits per heavy atom. The van der Waals surface area contributed by atoms with Gasteiger partial charge in [0.15, 0.2) is 11.9 Å². The van der Waals surface area contributed by atoms with Crippen molar-refractivity contribution in [1.82, 2.24) is 0 Å². The highest BCUT2D eigenvalue weighted by Crippen LogP contribution is 2.17. The number of amides is 1. The zero-order valence-corrected chi connectivity index (χ0v) is 16.9. The molecule has 1 amide bonds. The van der Waals surface area contributed by atoms with E-state index >= 15 is 0 Å². The Hall–Kier alpha value is -3.73. The van der Waals surface area contributed by atoms with Crippen molar-refractivity contribution in [3.05, 3.63) is 101 Å². The molecule has 0 radical (unpaired) electrons. The van der Waals surface area contributed by atoms with Gasteiger partial charge in [-0.15, -0.1) is 0 Å². The number of carbonyl (C=O) groups is 3. The maximum atomic E-state index is 12.7. The summed E-state index contributed by atoms with van der Waals surface area (Å²) < 4.78 is 5.41. The van der Waals surface area contributed by atoms with Gasteiger partial charge in [0.05, 0.1) is 5.56 Å². The molecule has 0 aliphatic rings. The highest BCUT2D eigenvalue weighted by molar-refractivity contribution is 5.99. The van der Waals surface area contributed by atoms with Gasteiger partial charge in [-0.1, -0.05) is 60.7 Å². The number of nitrogens with one attached hydrogen (secondary N) is 1. The number of hydrogen-bond donors (Lipinski definition) is 1. The fourth-order valence-corrected chi connectivity index (χ4v) is 3.03. The van der Waals surface area contributed by atoms with Crippen LogP contribution in [0.4, 0.5) is 5.69 Å². The largest absolute Gasteiger partial charge is 0.449 e. The molecule has 1 N–H and O–H groups in total. The van der Waals surface area contributed by atoms with Gasteiger partial charge < -0.3 is 10.1 Å². The molecule has 0 saturated heterocycles. The lowest BCUT2D eigenvalue weighted by Gasteiger charge is -2.15. The molecule has 0 fully saturated rings. The van der Waals surface area contributed by atoms with Crippen LogP contribution in [0, 0.1) is 0 Å². The van der Waals surface area contributed by atoms with Crippen molar-refractivity contribution in [3.63, 3.8) is 0 Å². The molecule has 0 spiro atoms. The molecule has 5 heteroatoms. The van der Waals surface area contributed by atoms with Gasteiger partial charge in [0.25, 0.3) is 5.91 Å². The Kier molecular flexibility index (Phi) is 6.75. The van der Waals surface area contributed by atoms with Crippen molar-refractivity contribution < 1.29 is 19.1 Å². The molecule has 1 atom stereocenters. The first-order valence-corrected chi connectivity index (χ1v) is 9.68. The van der Waals surface area contributed by atoms with Crippen LogP contribution < -0.4 is 5.32 Å². The van der Waals surface area contributed by atoms with Gasteiger partial charge in [-0.25, -0.2) is 4.79 Å². The fourth-order valence-electron chi connectivity index (χ4n) is 3.03. The molecule has 0 saturated carbocycles. The minimum Gasteiger partial charge on any atom is -0.449 e. The molecule has 152 valence electrons. The predicted octanol–water partition coefficient (Wildman–Crippen LogP) is 4.66. The summed E-state index contributed by atoms with van der Waals surface area (Å²) in [6, 6.07) is 23.6. The third-order valence-electron chi connectivity index (χ3n) is 4.66. The molecule has 5 nitrogen and oxygen atoms in total. The summed E-state index contributed by atoms with van der Waals surface area (Å²) in [4.78, 5) is 36.7.